The minimum Gasteiger partial charge on any atom is -0.397 e. The molecule has 0 aliphatic carbocycles. The minimum atomic E-state index is -0.0501. The van der Waals surface area contributed by atoms with E-state index in [1.165, 1.54) is 11.1 Å². The molecule has 0 atom stereocenters. The lowest BCUT2D eigenvalue weighted by molar-refractivity contribution is 0.753. The van der Waals surface area contributed by atoms with Crippen molar-refractivity contribution >= 4 is 21.6 Å². The number of benzene rings is 1. The van der Waals surface area contributed by atoms with Crippen LogP contribution in [0.15, 0.2) is 33.7 Å². The summed E-state index contributed by atoms with van der Waals surface area (Å²) in [5.74, 6) is 0. The first-order valence-electron chi connectivity index (χ1n) is 6.10. The van der Waals surface area contributed by atoms with Crippen LogP contribution in [0.25, 0.3) is 0 Å². The maximum Gasteiger partial charge on any atom is 0.265 e. The average molecular weight is 321 g/mol. The van der Waals surface area contributed by atoms with Crippen molar-refractivity contribution in [2.45, 2.75) is 27.3 Å². The Balaban J connectivity index is 2.47. The number of hydrogen-bond acceptors (Lipinski definition) is 2. The fraction of sp³-hybridized carbons (Fsp3) is 0.267. The summed E-state index contributed by atoms with van der Waals surface area (Å²) >= 11 is 3.31. The monoisotopic (exact) mass is 320 g/mol. The van der Waals surface area contributed by atoms with Gasteiger partial charge in [-0.15, -0.1) is 0 Å². The topological polar surface area (TPSA) is 48.0 Å². The molecule has 0 spiro atoms. The minimum absolute atomic E-state index is 0.0501. The summed E-state index contributed by atoms with van der Waals surface area (Å²) in [7, 11) is 0. The zero-order valence-corrected chi connectivity index (χ0v) is 12.9. The van der Waals surface area contributed by atoms with Gasteiger partial charge >= 0.3 is 0 Å². The molecule has 0 fully saturated rings. The van der Waals surface area contributed by atoms with Crippen LogP contribution in [0.2, 0.25) is 0 Å². The van der Waals surface area contributed by atoms with Crippen LogP contribution in [0.5, 0.6) is 0 Å². The number of pyridine rings is 1. The van der Waals surface area contributed by atoms with Crippen LogP contribution in [-0.2, 0) is 6.54 Å². The van der Waals surface area contributed by atoms with E-state index in [2.05, 4.69) is 48.0 Å². The molecule has 1 aromatic carbocycles. The first-order chi connectivity index (χ1) is 8.88. The first kappa shape index (κ1) is 13.9. The van der Waals surface area contributed by atoms with Gasteiger partial charge in [0.1, 0.15) is 0 Å². The van der Waals surface area contributed by atoms with E-state index in [0.717, 1.165) is 11.1 Å². The van der Waals surface area contributed by atoms with Gasteiger partial charge < -0.3 is 10.3 Å². The van der Waals surface area contributed by atoms with Gasteiger partial charge in [-0.05, 0) is 47.8 Å². The summed E-state index contributed by atoms with van der Waals surface area (Å²) in [6.07, 6.45) is 1.71. The quantitative estimate of drug-likeness (QED) is 0.923. The van der Waals surface area contributed by atoms with Crippen molar-refractivity contribution < 1.29 is 0 Å². The van der Waals surface area contributed by atoms with Crippen molar-refractivity contribution in [1.29, 1.82) is 0 Å². The number of nitrogens with two attached hydrogens (primary N) is 1. The molecular formula is C15H17BrN2O. The molecule has 1 heterocycles. The lowest BCUT2D eigenvalue weighted by Gasteiger charge is -2.11. The summed E-state index contributed by atoms with van der Waals surface area (Å²) in [6.45, 7) is 6.48. The van der Waals surface area contributed by atoms with Crippen LogP contribution >= 0.6 is 15.9 Å². The van der Waals surface area contributed by atoms with Crippen LogP contribution in [-0.4, -0.2) is 4.57 Å². The second-order valence-electron chi connectivity index (χ2n) is 4.95. The Kier molecular flexibility index (Phi) is 3.80. The van der Waals surface area contributed by atoms with Crippen molar-refractivity contribution in [1.82, 2.24) is 4.57 Å². The van der Waals surface area contributed by atoms with E-state index >= 15 is 0 Å². The molecule has 0 aliphatic heterocycles. The number of hydrogen-bond donors (Lipinski definition) is 1. The lowest BCUT2D eigenvalue weighted by atomic mass is 10.1. The molecule has 3 nitrogen and oxygen atoms in total. The highest BCUT2D eigenvalue weighted by molar-refractivity contribution is 9.10. The van der Waals surface area contributed by atoms with Gasteiger partial charge in [0.15, 0.2) is 0 Å². The number of rotatable bonds is 2. The van der Waals surface area contributed by atoms with E-state index in [9.17, 15) is 4.79 Å². The molecule has 4 heteroatoms. The van der Waals surface area contributed by atoms with E-state index in [0.29, 0.717) is 16.7 Å². The van der Waals surface area contributed by atoms with Gasteiger partial charge in [0.25, 0.3) is 5.56 Å². The highest BCUT2D eigenvalue weighted by Crippen LogP contribution is 2.18. The van der Waals surface area contributed by atoms with Crippen molar-refractivity contribution in [2.75, 3.05) is 5.73 Å². The van der Waals surface area contributed by atoms with Crippen LogP contribution < -0.4 is 11.3 Å². The zero-order chi connectivity index (χ0) is 14.2. The molecule has 2 N–H and O–H groups in total. The predicted molar refractivity (Wildman–Crippen MR) is 82.6 cm³/mol. The Bertz CT molecular complexity index is 669. The third-order valence-corrected chi connectivity index (χ3v) is 4.07. The molecule has 100 valence electrons. The Morgan fingerprint density at radius 3 is 2.32 bits per heavy atom. The fourth-order valence-corrected chi connectivity index (χ4v) is 2.67. The highest BCUT2D eigenvalue weighted by atomic mass is 79.9. The number of nitrogen functional groups attached to an aromatic ring is 1. The molecule has 0 unspecified atom stereocenters. The van der Waals surface area contributed by atoms with Crippen molar-refractivity contribution in [3.63, 3.8) is 0 Å². The van der Waals surface area contributed by atoms with Gasteiger partial charge in [0.05, 0.1) is 16.7 Å². The van der Waals surface area contributed by atoms with Crippen molar-refractivity contribution in [2.24, 2.45) is 0 Å². The van der Waals surface area contributed by atoms with Crippen molar-refractivity contribution in [3.8, 4) is 0 Å². The summed E-state index contributed by atoms with van der Waals surface area (Å²) in [5, 5.41) is 0. The summed E-state index contributed by atoms with van der Waals surface area (Å²) in [4.78, 5) is 12.2. The molecule has 0 aliphatic rings. The van der Waals surface area contributed by atoms with Gasteiger partial charge in [-0.25, -0.2) is 0 Å². The molecule has 0 saturated heterocycles. The molecular weight excluding hydrogens is 304 g/mol. The largest absolute Gasteiger partial charge is 0.397 e. The smallest absolute Gasteiger partial charge is 0.265 e. The van der Waals surface area contributed by atoms with Crippen LogP contribution in [0, 0.1) is 20.8 Å². The Morgan fingerprint density at radius 2 is 1.74 bits per heavy atom. The second kappa shape index (κ2) is 5.21. The third-order valence-electron chi connectivity index (χ3n) is 3.14. The van der Waals surface area contributed by atoms with Gasteiger partial charge in [0, 0.05) is 6.20 Å². The van der Waals surface area contributed by atoms with Gasteiger partial charge in [-0.1, -0.05) is 29.3 Å². The normalized spacial score (nSPS) is 10.7. The second-order valence-corrected chi connectivity index (χ2v) is 5.75. The van der Waals surface area contributed by atoms with E-state index in [1.54, 1.807) is 10.8 Å². The Morgan fingerprint density at radius 1 is 1.16 bits per heavy atom. The Hall–Kier alpha value is -1.55. The van der Waals surface area contributed by atoms with Crippen LogP contribution in [0.3, 0.4) is 0 Å². The zero-order valence-electron chi connectivity index (χ0n) is 11.3. The SMILES string of the molecule is Cc1cc(C)cc(Cn2cc(N)c(C)c(Br)c2=O)c1. The average Bonchev–Trinajstić information content (AvgIpc) is 2.32. The third kappa shape index (κ3) is 2.89. The molecule has 0 saturated carbocycles. The van der Waals surface area contributed by atoms with E-state index in [1.807, 2.05) is 6.92 Å². The standard InChI is InChI=1S/C15H17BrN2O/c1-9-4-10(2)6-12(5-9)7-18-8-13(17)11(3)14(16)15(18)19/h4-6,8H,7,17H2,1-3H3. The summed E-state index contributed by atoms with van der Waals surface area (Å²) in [6, 6.07) is 6.29. The molecule has 1 aromatic heterocycles. The molecule has 19 heavy (non-hydrogen) atoms. The van der Waals surface area contributed by atoms with E-state index in [-0.39, 0.29) is 5.56 Å². The maximum atomic E-state index is 12.2. The first-order valence-corrected chi connectivity index (χ1v) is 6.90. The summed E-state index contributed by atoms with van der Waals surface area (Å²) in [5.41, 5.74) is 10.8. The van der Waals surface area contributed by atoms with Crippen LogP contribution in [0.1, 0.15) is 22.3 Å². The molecule has 2 aromatic rings. The Labute approximate surface area is 121 Å². The van der Waals surface area contributed by atoms with Gasteiger partial charge in [0.2, 0.25) is 0 Å². The van der Waals surface area contributed by atoms with Crippen LogP contribution in [0.4, 0.5) is 5.69 Å². The molecule has 0 radical (unpaired) electrons. The number of nitrogens with zero attached hydrogens (tertiary/aromatic N) is 1. The molecule has 0 amide bonds. The number of halogens is 1. The molecule has 2 rings (SSSR count). The highest BCUT2D eigenvalue weighted by Gasteiger charge is 2.09. The fourth-order valence-electron chi connectivity index (χ4n) is 2.21. The number of aromatic nitrogens is 1. The van der Waals surface area contributed by atoms with E-state index in [4.69, 9.17) is 5.73 Å². The predicted octanol–water partition coefficient (Wildman–Crippen LogP) is 3.17. The van der Waals surface area contributed by atoms with Gasteiger partial charge in [-0.3, -0.25) is 4.79 Å². The van der Waals surface area contributed by atoms with Gasteiger partial charge in [-0.2, -0.15) is 0 Å². The maximum absolute atomic E-state index is 12.2. The lowest BCUT2D eigenvalue weighted by Crippen LogP contribution is -2.22. The number of anilines is 1. The summed E-state index contributed by atoms with van der Waals surface area (Å²) < 4.78 is 2.18. The van der Waals surface area contributed by atoms with E-state index < -0.39 is 0 Å². The number of aryl methyl sites for hydroxylation is 2. The molecule has 0 bridgehead atoms. The van der Waals surface area contributed by atoms with Crippen molar-refractivity contribution in [3.05, 3.63) is 61.5 Å².